The van der Waals surface area contributed by atoms with Gasteiger partial charge in [-0.2, -0.15) is 0 Å². The van der Waals surface area contributed by atoms with E-state index in [1.165, 1.54) is 6.42 Å². The van der Waals surface area contributed by atoms with E-state index >= 15 is 0 Å². The molecule has 1 aromatic rings. The van der Waals surface area contributed by atoms with Crippen molar-refractivity contribution in [2.45, 2.75) is 26.3 Å². The molecular formula is C18H29Cl2IN4O. The molecule has 0 aromatic heterocycles. The highest BCUT2D eigenvalue weighted by atomic mass is 127. The molecule has 0 aliphatic carbocycles. The van der Waals surface area contributed by atoms with Crippen molar-refractivity contribution in [3.05, 3.63) is 33.8 Å². The molecule has 1 aromatic carbocycles. The number of morpholine rings is 1. The van der Waals surface area contributed by atoms with Gasteiger partial charge in [-0.05, 0) is 44.0 Å². The third kappa shape index (κ3) is 9.08. The standard InChI is InChI=1S/C18H28Cl2N4O.HI/c1-2-21-18(23-14-15-5-6-16(19)13-17(15)20)22-7-3-4-8-24-9-11-25-12-10-24;/h5-6,13H,2-4,7-12,14H2,1H3,(H2,21,22,23);1H. The zero-order valence-electron chi connectivity index (χ0n) is 15.3. The number of guanidine groups is 1. The van der Waals surface area contributed by atoms with Gasteiger partial charge in [0.1, 0.15) is 0 Å². The number of halogens is 3. The molecule has 1 aliphatic heterocycles. The molecule has 0 atom stereocenters. The van der Waals surface area contributed by atoms with Crippen molar-refractivity contribution in [2.24, 2.45) is 4.99 Å². The van der Waals surface area contributed by atoms with Crippen molar-refractivity contribution in [1.82, 2.24) is 15.5 Å². The van der Waals surface area contributed by atoms with E-state index < -0.39 is 0 Å². The summed E-state index contributed by atoms with van der Waals surface area (Å²) in [5.74, 6) is 0.819. The highest BCUT2D eigenvalue weighted by Crippen LogP contribution is 2.21. The van der Waals surface area contributed by atoms with E-state index in [2.05, 4.69) is 27.4 Å². The second kappa shape index (κ2) is 13.8. The maximum Gasteiger partial charge on any atom is 0.191 e. The van der Waals surface area contributed by atoms with Crippen molar-refractivity contribution in [2.75, 3.05) is 45.9 Å². The SMILES string of the molecule is CCNC(=NCc1ccc(Cl)cc1Cl)NCCCCN1CCOCC1.I. The van der Waals surface area contributed by atoms with Gasteiger partial charge in [-0.1, -0.05) is 29.3 Å². The van der Waals surface area contributed by atoms with Gasteiger partial charge in [-0.3, -0.25) is 4.90 Å². The fourth-order valence-electron chi connectivity index (χ4n) is 2.65. The Bertz CT molecular complexity index is 554. The maximum absolute atomic E-state index is 6.20. The summed E-state index contributed by atoms with van der Waals surface area (Å²) in [7, 11) is 0. The molecular weight excluding hydrogens is 486 g/mol. The molecule has 0 amide bonds. The van der Waals surface area contributed by atoms with Crippen molar-refractivity contribution < 1.29 is 4.74 Å². The summed E-state index contributed by atoms with van der Waals surface area (Å²) >= 11 is 12.1. The number of rotatable bonds is 8. The van der Waals surface area contributed by atoms with E-state index in [4.69, 9.17) is 27.9 Å². The number of nitrogens with one attached hydrogen (secondary N) is 2. The van der Waals surface area contributed by atoms with Crippen LogP contribution in [0, 0.1) is 0 Å². The Morgan fingerprint density at radius 2 is 1.96 bits per heavy atom. The molecule has 5 nitrogen and oxygen atoms in total. The summed E-state index contributed by atoms with van der Waals surface area (Å²) in [6.45, 7) is 9.30. The Kier molecular flexibility index (Phi) is 12.6. The van der Waals surface area contributed by atoms with E-state index in [0.29, 0.717) is 16.6 Å². The van der Waals surface area contributed by atoms with Crippen LogP contribution < -0.4 is 10.6 Å². The third-order valence-corrected chi connectivity index (χ3v) is 4.65. The van der Waals surface area contributed by atoms with E-state index in [1.807, 2.05) is 12.1 Å². The lowest BCUT2D eigenvalue weighted by Gasteiger charge is -2.26. The topological polar surface area (TPSA) is 48.9 Å². The van der Waals surface area contributed by atoms with Gasteiger partial charge in [0.2, 0.25) is 0 Å². The molecule has 2 N–H and O–H groups in total. The fraction of sp³-hybridized carbons (Fsp3) is 0.611. The molecule has 1 fully saturated rings. The fourth-order valence-corrected chi connectivity index (χ4v) is 3.12. The Labute approximate surface area is 183 Å². The number of aliphatic imine (C=N–C) groups is 1. The van der Waals surface area contributed by atoms with Gasteiger partial charge < -0.3 is 15.4 Å². The first-order chi connectivity index (χ1) is 12.2. The summed E-state index contributed by atoms with van der Waals surface area (Å²) in [6.07, 6.45) is 2.29. The van der Waals surface area contributed by atoms with Crippen LogP contribution in [0.1, 0.15) is 25.3 Å². The van der Waals surface area contributed by atoms with Crippen molar-refractivity contribution in [3.63, 3.8) is 0 Å². The third-order valence-electron chi connectivity index (χ3n) is 4.06. The normalized spacial score (nSPS) is 15.4. The van der Waals surface area contributed by atoms with Gasteiger partial charge in [0.15, 0.2) is 5.96 Å². The first-order valence-electron chi connectivity index (χ1n) is 8.95. The number of hydrogen-bond acceptors (Lipinski definition) is 3. The van der Waals surface area contributed by atoms with Gasteiger partial charge >= 0.3 is 0 Å². The summed E-state index contributed by atoms with van der Waals surface area (Å²) in [6, 6.07) is 5.50. The van der Waals surface area contributed by atoms with Crippen LogP contribution >= 0.6 is 47.2 Å². The molecule has 0 bridgehead atoms. The van der Waals surface area contributed by atoms with Crippen LogP contribution in [0.4, 0.5) is 0 Å². The zero-order chi connectivity index (χ0) is 17.9. The summed E-state index contributed by atoms with van der Waals surface area (Å²) < 4.78 is 5.37. The largest absolute Gasteiger partial charge is 0.379 e. The molecule has 1 aliphatic rings. The number of hydrogen-bond donors (Lipinski definition) is 2. The maximum atomic E-state index is 6.20. The van der Waals surface area contributed by atoms with Gasteiger partial charge in [-0.25, -0.2) is 4.99 Å². The van der Waals surface area contributed by atoms with Crippen molar-refractivity contribution in [1.29, 1.82) is 0 Å². The van der Waals surface area contributed by atoms with Crippen LogP contribution in [0.15, 0.2) is 23.2 Å². The van der Waals surface area contributed by atoms with E-state index in [0.717, 1.165) is 63.9 Å². The lowest BCUT2D eigenvalue weighted by Crippen LogP contribution is -2.39. The van der Waals surface area contributed by atoms with E-state index in [9.17, 15) is 0 Å². The second-order valence-corrected chi connectivity index (χ2v) is 6.86. The predicted molar refractivity (Wildman–Crippen MR) is 121 cm³/mol. The molecule has 148 valence electrons. The van der Waals surface area contributed by atoms with E-state index in [1.54, 1.807) is 6.07 Å². The Hall–Kier alpha value is -0.280. The first kappa shape index (κ1) is 23.8. The smallest absolute Gasteiger partial charge is 0.191 e. The highest BCUT2D eigenvalue weighted by molar-refractivity contribution is 14.0. The van der Waals surface area contributed by atoms with Gasteiger partial charge in [0, 0.05) is 36.2 Å². The number of nitrogens with zero attached hydrogens (tertiary/aromatic N) is 2. The number of unbranched alkanes of at least 4 members (excludes halogenated alkanes) is 1. The van der Waals surface area contributed by atoms with Crippen LogP contribution in [-0.2, 0) is 11.3 Å². The number of benzene rings is 1. The number of ether oxygens (including phenoxy) is 1. The quantitative estimate of drug-likeness (QED) is 0.240. The summed E-state index contributed by atoms with van der Waals surface area (Å²) in [5, 5.41) is 7.95. The lowest BCUT2D eigenvalue weighted by atomic mass is 10.2. The van der Waals surface area contributed by atoms with Crippen LogP contribution in [0.3, 0.4) is 0 Å². The van der Waals surface area contributed by atoms with Crippen LogP contribution in [0.5, 0.6) is 0 Å². The molecule has 1 saturated heterocycles. The first-order valence-corrected chi connectivity index (χ1v) is 9.71. The summed E-state index contributed by atoms with van der Waals surface area (Å²) in [5.41, 5.74) is 0.968. The highest BCUT2D eigenvalue weighted by Gasteiger charge is 2.09. The Morgan fingerprint density at radius 3 is 2.65 bits per heavy atom. The van der Waals surface area contributed by atoms with E-state index in [-0.39, 0.29) is 24.0 Å². The minimum Gasteiger partial charge on any atom is -0.379 e. The molecule has 0 saturated carbocycles. The molecule has 2 rings (SSSR count). The molecule has 26 heavy (non-hydrogen) atoms. The molecule has 0 radical (unpaired) electrons. The minimum atomic E-state index is 0. The Morgan fingerprint density at radius 1 is 1.19 bits per heavy atom. The lowest BCUT2D eigenvalue weighted by molar-refractivity contribution is 0.0372. The van der Waals surface area contributed by atoms with Crippen molar-refractivity contribution in [3.8, 4) is 0 Å². The van der Waals surface area contributed by atoms with Gasteiger partial charge in [-0.15, -0.1) is 24.0 Å². The van der Waals surface area contributed by atoms with Gasteiger partial charge in [0.25, 0.3) is 0 Å². The van der Waals surface area contributed by atoms with Crippen LogP contribution in [0.25, 0.3) is 0 Å². The second-order valence-electron chi connectivity index (χ2n) is 6.02. The van der Waals surface area contributed by atoms with Gasteiger partial charge in [0.05, 0.1) is 19.8 Å². The molecule has 8 heteroatoms. The predicted octanol–water partition coefficient (Wildman–Crippen LogP) is 3.78. The molecule has 0 spiro atoms. The average Bonchev–Trinajstić information content (AvgIpc) is 2.61. The zero-order valence-corrected chi connectivity index (χ0v) is 19.1. The van der Waals surface area contributed by atoms with Crippen LogP contribution in [0.2, 0.25) is 10.0 Å². The Balaban J connectivity index is 0.00000338. The minimum absolute atomic E-state index is 0. The monoisotopic (exact) mass is 514 g/mol. The molecule has 1 heterocycles. The average molecular weight is 515 g/mol. The summed E-state index contributed by atoms with van der Waals surface area (Å²) in [4.78, 5) is 7.07. The van der Waals surface area contributed by atoms with Crippen molar-refractivity contribution >= 4 is 53.1 Å². The van der Waals surface area contributed by atoms with Crippen LogP contribution in [-0.4, -0.2) is 56.8 Å². The molecule has 0 unspecified atom stereocenters.